The van der Waals surface area contributed by atoms with Crippen LogP contribution in [0.5, 0.6) is 0 Å². The predicted octanol–water partition coefficient (Wildman–Crippen LogP) is 4.43. The van der Waals surface area contributed by atoms with Crippen LogP contribution >= 0.6 is 11.3 Å². The number of carbonyl (C=O) groups excluding carboxylic acids is 1. The number of hydrogen-bond donors (Lipinski definition) is 3. The normalized spacial score (nSPS) is 13.9. The Morgan fingerprint density at radius 3 is 2.62 bits per heavy atom. The number of hydrazine groups is 1. The van der Waals surface area contributed by atoms with Crippen LogP contribution < -0.4 is 11.2 Å². The van der Waals surface area contributed by atoms with E-state index in [1.165, 1.54) is 29.4 Å². The van der Waals surface area contributed by atoms with Gasteiger partial charge in [-0.05, 0) is 30.7 Å². The number of aldehydes is 1. The molecule has 10 heteroatoms. The third-order valence-electron chi connectivity index (χ3n) is 4.45. The van der Waals surface area contributed by atoms with Crippen LogP contribution in [0.15, 0.2) is 53.4 Å². The van der Waals surface area contributed by atoms with Gasteiger partial charge in [-0.15, -0.1) is 11.3 Å². The van der Waals surface area contributed by atoms with E-state index in [0.717, 1.165) is 17.6 Å². The van der Waals surface area contributed by atoms with Crippen molar-refractivity contribution < 1.29 is 28.2 Å². The van der Waals surface area contributed by atoms with E-state index in [9.17, 15) is 23.5 Å². The van der Waals surface area contributed by atoms with Gasteiger partial charge in [0.05, 0.1) is 12.8 Å². The predicted molar refractivity (Wildman–Crippen MR) is 120 cm³/mol. The number of halogens is 2. The summed E-state index contributed by atoms with van der Waals surface area (Å²) < 4.78 is 32.6. The fraction of sp³-hybridized carbons (Fsp3) is 0.182. The Morgan fingerprint density at radius 2 is 2.03 bits per heavy atom. The molecule has 0 radical (unpaired) electrons. The maximum Gasteiger partial charge on any atom is 0.339 e. The van der Waals surface area contributed by atoms with Crippen LogP contribution in [0.25, 0.3) is 11.1 Å². The molecule has 0 fully saturated rings. The molecule has 32 heavy (non-hydrogen) atoms. The standard InChI is InChI=1S/C13H11F2NO2S.C9H12N2O2/c1-6-3-4-7(11(15)10(6)14)8-5-19-12(16-2)9(8)13(17)18;1-13-9-5-2-6-11(10)8(9)4-3-7-12/h3-5,16H,1-2H3,(H,17,18);2,4-7H,3,10H2,1H3/b;8-4-. The van der Waals surface area contributed by atoms with Gasteiger partial charge < -0.3 is 20.0 Å². The summed E-state index contributed by atoms with van der Waals surface area (Å²) in [6, 6.07) is 2.82. The molecule has 0 atom stereocenters. The Morgan fingerprint density at radius 1 is 1.31 bits per heavy atom. The third kappa shape index (κ3) is 5.40. The zero-order valence-electron chi connectivity index (χ0n) is 17.7. The number of nitrogens with one attached hydrogen (secondary N) is 1. The SMILES string of the molecule is CNc1scc(-c2ccc(C)c(F)c2F)c1C(=O)O.COC1=CC=CN(N)/C1=C\CC=O. The minimum Gasteiger partial charge on any atom is -0.495 e. The molecule has 0 saturated carbocycles. The number of allylic oxidation sites excluding steroid dienone is 3. The van der Waals surface area contributed by atoms with E-state index in [1.54, 1.807) is 38.6 Å². The Labute approximate surface area is 188 Å². The van der Waals surface area contributed by atoms with Crippen LogP contribution in [0.3, 0.4) is 0 Å². The first-order chi connectivity index (χ1) is 15.3. The number of rotatable bonds is 6. The summed E-state index contributed by atoms with van der Waals surface area (Å²) in [4.78, 5) is 21.4. The van der Waals surface area contributed by atoms with Crippen molar-refractivity contribution in [2.24, 2.45) is 5.84 Å². The van der Waals surface area contributed by atoms with Gasteiger partial charge in [0.1, 0.15) is 22.6 Å². The average Bonchev–Trinajstić information content (AvgIpc) is 3.21. The van der Waals surface area contributed by atoms with Crippen LogP contribution in [0.4, 0.5) is 13.8 Å². The molecule has 1 aliphatic heterocycles. The minimum atomic E-state index is -1.18. The maximum absolute atomic E-state index is 13.9. The number of anilines is 1. The van der Waals surface area contributed by atoms with Gasteiger partial charge in [0.2, 0.25) is 0 Å². The molecule has 0 aliphatic carbocycles. The van der Waals surface area contributed by atoms with Gasteiger partial charge in [-0.1, -0.05) is 12.1 Å². The molecule has 2 heterocycles. The molecule has 1 aromatic heterocycles. The van der Waals surface area contributed by atoms with Crippen molar-refractivity contribution in [2.45, 2.75) is 13.3 Å². The molecule has 1 aromatic carbocycles. The lowest BCUT2D eigenvalue weighted by molar-refractivity contribution is -0.107. The number of thiophene rings is 1. The number of hydrogen-bond acceptors (Lipinski definition) is 7. The number of carbonyl (C=O) groups is 2. The van der Waals surface area contributed by atoms with Gasteiger partial charge in [-0.3, -0.25) is 5.01 Å². The van der Waals surface area contributed by atoms with Crippen molar-refractivity contribution in [1.82, 2.24) is 5.01 Å². The van der Waals surface area contributed by atoms with Gasteiger partial charge >= 0.3 is 5.97 Å². The second kappa shape index (κ2) is 11.2. The van der Waals surface area contributed by atoms with Crippen molar-refractivity contribution >= 4 is 28.6 Å². The van der Waals surface area contributed by atoms with Crippen LogP contribution in [0.1, 0.15) is 22.3 Å². The topological polar surface area (TPSA) is 105 Å². The highest BCUT2D eigenvalue weighted by atomic mass is 32.1. The van der Waals surface area contributed by atoms with Crippen LogP contribution in [0, 0.1) is 18.6 Å². The number of aryl methyl sites for hydroxylation is 1. The van der Waals surface area contributed by atoms with E-state index in [-0.39, 0.29) is 22.3 Å². The number of aromatic carboxylic acids is 1. The number of carboxylic acids is 1. The van der Waals surface area contributed by atoms with E-state index < -0.39 is 17.6 Å². The smallest absolute Gasteiger partial charge is 0.339 e. The second-order valence-electron chi connectivity index (χ2n) is 6.44. The van der Waals surface area contributed by atoms with Crippen molar-refractivity contribution in [2.75, 3.05) is 19.5 Å². The largest absolute Gasteiger partial charge is 0.495 e. The molecule has 2 aromatic rings. The summed E-state index contributed by atoms with van der Waals surface area (Å²) in [5, 5.41) is 15.3. The highest BCUT2D eigenvalue weighted by Gasteiger charge is 2.22. The maximum atomic E-state index is 13.9. The molecule has 0 bridgehead atoms. The lowest BCUT2D eigenvalue weighted by atomic mass is 10.0. The number of nitrogens with zero attached hydrogens (tertiary/aromatic N) is 1. The summed E-state index contributed by atoms with van der Waals surface area (Å²) in [5.41, 5.74) is 0.977. The van der Waals surface area contributed by atoms with Crippen molar-refractivity contribution in [1.29, 1.82) is 0 Å². The molecule has 0 spiro atoms. The lowest BCUT2D eigenvalue weighted by Gasteiger charge is -2.21. The van der Waals surface area contributed by atoms with Gasteiger partial charge in [-0.25, -0.2) is 19.4 Å². The zero-order valence-corrected chi connectivity index (χ0v) is 18.5. The highest BCUT2D eigenvalue weighted by Crippen LogP contribution is 2.37. The molecule has 170 valence electrons. The highest BCUT2D eigenvalue weighted by molar-refractivity contribution is 7.15. The molecule has 0 amide bonds. The molecule has 3 rings (SSSR count). The molecule has 4 N–H and O–H groups in total. The molecule has 0 unspecified atom stereocenters. The van der Waals surface area contributed by atoms with Crippen molar-refractivity contribution in [3.63, 3.8) is 0 Å². The lowest BCUT2D eigenvalue weighted by Crippen LogP contribution is -2.27. The minimum absolute atomic E-state index is 0.0433. The summed E-state index contributed by atoms with van der Waals surface area (Å²) in [6.07, 6.45) is 8.12. The van der Waals surface area contributed by atoms with E-state index in [1.807, 2.05) is 0 Å². The number of ether oxygens (including phenoxy) is 1. The van der Waals surface area contributed by atoms with Gasteiger partial charge in [0.25, 0.3) is 0 Å². The first kappa shape index (κ1) is 24.8. The fourth-order valence-electron chi connectivity index (χ4n) is 2.86. The Kier molecular flexibility index (Phi) is 8.68. The van der Waals surface area contributed by atoms with Crippen LogP contribution in [0.2, 0.25) is 0 Å². The molecular weight excluding hydrogens is 440 g/mol. The number of carboxylic acid groups (broad SMARTS) is 1. The van der Waals surface area contributed by atoms with Crippen LogP contribution in [-0.2, 0) is 9.53 Å². The van der Waals surface area contributed by atoms with Gasteiger partial charge in [0.15, 0.2) is 11.6 Å². The molecule has 0 saturated heterocycles. The number of nitrogens with two attached hydrogens (primary N) is 1. The van der Waals surface area contributed by atoms with Gasteiger partial charge in [-0.2, -0.15) is 0 Å². The number of benzene rings is 1. The van der Waals surface area contributed by atoms with Crippen LogP contribution in [-0.4, -0.2) is 36.5 Å². The zero-order chi connectivity index (χ0) is 23.8. The van der Waals surface area contributed by atoms with E-state index in [0.29, 0.717) is 22.9 Å². The van der Waals surface area contributed by atoms with Crippen molar-refractivity contribution in [3.05, 3.63) is 76.2 Å². The quantitative estimate of drug-likeness (QED) is 0.430. The first-order valence-electron chi connectivity index (χ1n) is 9.34. The first-order valence-corrected chi connectivity index (χ1v) is 10.2. The number of methoxy groups -OCH3 is 1. The summed E-state index contributed by atoms with van der Waals surface area (Å²) in [6.45, 7) is 1.45. The second-order valence-corrected chi connectivity index (χ2v) is 7.32. The molecular formula is C22H23F2N3O4S. The van der Waals surface area contributed by atoms with Crippen molar-refractivity contribution in [3.8, 4) is 11.1 Å². The monoisotopic (exact) mass is 463 g/mol. The Bertz CT molecular complexity index is 1090. The summed E-state index contributed by atoms with van der Waals surface area (Å²) >= 11 is 1.14. The Hall–Kier alpha value is -3.50. The van der Waals surface area contributed by atoms with Gasteiger partial charge in [0, 0.05) is 36.2 Å². The molecule has 7 nitrogen and oxygen atoms in total. The van der Waals surface area contributed by atoms with E-state index in [4.69, 9.17) is 10.6 Å². The fourth-order valence-corrected chi connectivity index (χ4v) is 3.77. The third-order valence-corrected chi connectivity index (χ3v) is 5.45. The summed E-state index contributed by atoms with van der Waals surface area (Å²) in [5.74, 6) is 3.13. The molecule has 1 aliphatic rings. The average molecular weight is 464 g/mol. The summed E-state index contributed by atoms with van der Waals surface area (Å²) in [7, 11) is 3.14. The Balaban J connectivity index is 0.000000244. The van der Waals surface area contributed by atoms with E-state index in [2.05, 4.69) is 5.32 Å². The van der Waals surface area contributed by atoms with E-state index >= 15 is 0 Å².